The highest BCUT2D eigenvalue weighted by Gasteiger charge is 2.33. The minimum Gasteiger partial charge on any atom is -0.273 e. The van der Waals surface area contributed by atoms with Crippen molar-refractivity contribution in [3.05, 3.63) is 28.7 Å². The molecule has 1 aliphatic rings. The molecule has 1 fully saturated rings. The quantitative estimate of drug-likeness (QED) is 0.577. The van der Waals surface area contributed by atoms with E-state index in [-0.39, 0.29) is 23.2 Å². The third kappa shape index (κ3) is 5.29. The van der Waals surface area contributed by atoms with Gasteiger partial charge in [0.15, 0.2) is 9.84 Å². The lowest BCUT2D eigenvalue weighted by Crippen LogP contribution is -2.45. The largest absolute Gasteiger partial charge is 0.273 e. The van der Waals surface area contributed by atoms with Crippen LogP contribution >= 0.6 is 27.7 Å². The van der Waals surface area contributed by atoms with Crippen molar-refractivity contribution in [3.63, 3.8) is 0 Å². The number of hydrazine groups is 1. The number of hydrogen-bond donors (Lipinski definition) is 2. The molecule has 1 saturated heterocycles. The number of nitrogens with one attached hydrogen (secondary N) is 2. The summed E-state index contributed by atoms with van der Waals surface area (Å²) in [5.74, 6) is -1.35. The summed E-state index contributed by atoms with van der Waals surface area (Å²) in [6, 6.07) is 7.51. The fourth-order valence-corrected chi connectivity index (χ4v) is 4.66. The molecule has 6 nitrogen and oxygen atoms in total. The third-order valence-electron chi connectivity index (χ3n) is 3.11. The maximum absolute atomic E-state index is 11.7. The van der Waals surface area contributed by atoms with E-state index in [0.29, 0.717) is 6.42 Å². The van der Waals surface area contributed by atoms with Crippen molar-refractivity contribution < 1.29 is 18.0 Å². The molecule has 22 heavy (non-hydrogen) atoms. The molecule has 0 bridgehead atoms. The molecule has 2 rings (SSSR count). The predicted molar refractivity (Wildman–Crippen MR) is 87.9 cm³/mol. The van der Waals surface area contributed by atoms with Crippen molar-refractivity contribution >= 4 is 49.3 Å². The standard InChI is InChI=1S/C13H15BrN2O4S2/c14-10-1-3-11(4-2-10)21-7-12(17)15-16-13(18)9-5-6-22(19,20)8-9/h1-4,9H,5-8H2,(H,15,17)(H,16,18)/t9-/m0/s1. The van der Waals surface area contributed by atoms with Crippen LogP contribution in [-0.2, 0) is 19.4 Å². The molecule has 0 spiro atoms. The number of carbonyl (C=O) groups is 2. The summed E-state index contributed by atoms with van der Waals surface area (Å²) in [5, 5.41) is 0. The summed E-state index contributed by atoms with van der Waals surface area (Å²) in [7, 11) is -3.11. The molecule has 0 saturated carbocycles. The van der Waals surface area contributed by atoms with Crippen LogP contribution in [0.15, 0.2) is 33.6 Å². The van der Waals surface area contributed by atoms with Gasteiger partial charge in [0.2, 0.25) is 11.8 Å². The van der Waals surface area contributed by atoms with E-state index in [1.807, 2.05) is 24.3 Å². The van der Waals surface area contributed by atoms with Gasteiger partial charge in [0.1, 0.15) is 0 Å². The van der Waals surface area contributed by atoms with E-state index in [9.17, 15) is 18.0 Å². The topological polar surface area (TPSA) is 92.3 Å². The third-order valence-corrected chi connectivity index (χ3v) is 6.42. The van der Waals surface area contributed by atoms with Gasteiger partial charge in [-0.3, -0.25) is 20.4 Å². The van der Waals surface area contributed by atoms with E-state index in [1.165, 1.54) is 11.8 Å². The molecule has 0 unspecified atom stereocenters. The number of rotatable bonds is 4. The van der Waals surface area contributed by atoms with Crippen molar-refractivity contribution in [1.29, 1.82) is 0 Å². The highest BCUT2D eigenvalue weighted by molar-refractivity contribution is 9.10. The van der Waals surface area contributed by atoms with E-state index in [1.54, 1.807) is 0 Å². The average Bonchev–Trinajstić information content (AvgIpc) is 2.84. The minimum atomic E-state index is -3.11. The Kier molecular flexibility index (Phi) is 5.87. The highest BCUT2D eigenvalue weighted by Crippen LogP contribution is 2.20. The van der Waals surface area contributed by atoms with Crippen LogP contribution in [0.1, 0.15) is 6.42 Å². The molecule has 0 aromatic heterocycles. The zero-order chi connectivity index (χ0) is 16.2. The second kappa shape index (κ2) is 7.47. The predicted octanol–water partition coefficient (Wildman–Crippen LogP) is 1.12. The molecule has 2 N–H and O–H groups in total. The Balaban J connectivity index is 1.71. The first kappa shape index (κ1) is 17.3. The molecule has 120 valence electrons. The Morgan fingerprint density at radius 2 is 1.91 bits per heavy atom. The fourth-order valence-electron chi connectivity index (χ4n) is 1.95. The molecule has 1 aromatic rings. The van der Waals surface area contributed by atoms with Gasteiger partial charge in [0.25, 0.3) is 0 Å². The molecule has 1 aliphatic heterocycles. The van der Waals surface area contributed by atoms with Crippen molar-refractivity contribution in [1.82, 2.24) is 10.9 Å². The Labute approximate surface area is 141 Å². The van der Waals surface area contributed by atoms with Gasteiger partial charge < -0.3 is 0 Å². The molecule has 0 radical (unpaired) electrons. The van der Waals surface area contributed by atoms with Crippen LogP contribution in [0.3, 0.4) is 0 Å². The second-order valence-electron chi connectivity index (χ2n) is 4.88. The molecule has 1 aromatic carbocycles. The number of amides is 2. The molecule has 1 heterocycles. The summed E-state index contributed by atoms with van der Waals surface area (Å²) >= 11 is 4.67. The van der Waals surface area contributed by atoms with Gasteiger partial charge in [0, 0.05) is 9.37 Å². The molecular weight excluding hydrogens is 392 g/mol. The normalized spacial score (nSPS) is 19.6. The fraction of sp³-hybridized carbons (Fsp3) is 0.385. The number of carbonyl (C=O) groups excluding carboxylic acids is 2. The van der Waals surface area contributed by atoms with Crippen molar-refractivity contribution in [2.75, 3.05) is 17.3 Å². The number of sulfone groups is 1. The Hall–Kier alpha value is -1.06. The zero-order valence-electron chi connectivity index (χ0n) is 11.5. The second-order valence-corrected chi connectivity index (χ2v) is 9.07. The van der Waals surface area contributed by atoms with E-state index in [2.05, 4.69) is 26.8 Å². The van der Waals surface area contributed by atoms with E-state index in [4.69, 9.17) is 0 Å². The first-order valence-electron chi connectivity index (χ1n) is 6.53. The van der Waals surface area contributed by atoms with Crippen LogP contribution < -0.4 is 10.9 Å². The molecule has 9 heteroatoms. The minimum absolute atomic E-state index is 0.0262. The van der Waals surface area contributed by atoms with E-state index in [0.717, 1.165) is 9.37 Å². The Bertz CT molecular complexity index is 661. The summed E-state index contributed by atoms with van der Waals surface area (Å²) < 4.78 is 23.5. The van der Waals surface area contributed by atoms with Gasteiger partial charge in [-0.25, -0.2) is 8.42 Å². The van der Waals surface area contributed by atoms with Crippen molar-refractivity contribution in [2.24, 2.45) is 5.92 Å². The van der Waals surface area contributed by atoms with Crippen LogP contribution in [0.25, 0.3) is 0 Å². The van der Waals surface area contributed by atoms with Gasteiger partial charge in [-0.1, -0.05) is 15.9 Å². The first-order valence-corrected chi connectivity index (χ1v) is 10.1. The lowest BCUT2D eigenvalue weighted by Gasteiger charge is -2.10. The monoisotopic (exact) mass is 406 g/mol. The van der Waals surface area contributed by atoms with Gasteiger partial charge in [-0.15, -0.1) is 11.8 Å². The smallest absolute Gasteiger partial charge is 0.248 e. The Morgan fingerprint density at radius 1 is 1.23 bits per heavy atom. The van der Waals surface area contributed by atoms with Gasteiger partial charge in [-0.2, -0.15) is 0 Å². The van der Waals surface area contributed by atoms with Crippen LogP contribution in [0.2, 0.25) is 0 Å². The molecule has 0 aliphatic carbocycles. The number of halogens is 1. The summed E-state index contributed by atoms with van der Waals surface area (Å²) in [4.78, 5) is 24.3. The highest BCUT2D eigenvalue weighted by atomic mass is 79.9. The van der Waals surface area contributed by atoms with Gasteiger partial charge in [-0.05, 0) is 30.7 Å². The van der Waals surface area contributed by atoms with Gasteiger partial charge >= 0.3 is 0 Å². The maximum Gasteiger partial charge on any atom is 0.248 e. The lowest BCUT2D eigenvalue weighted by atomic mass is 10.1. The zero-order valence-corrected chi connectivity index (χ0v) is 14.8. The van der Waals surface area contributed by atoms with E-state index < -0.39 is 21.7 Å². The number of thioether (sulfide) groups is 1. The van der Waals surface area contributed by atoms with Crippen LogP contribution in [0.5, 0.6) is 0 Å². The summed E-state index contributed by atoms with van der Waals surface area (Å²) in [5.41, 5.74) is 4.59. The lowest BCUT2D eigenvalue weighted by molar-refractivity contribution is -0.129. The molecular formula is C13H15BrN2O4S2. The van der Waals surface area contributed by atoms with Crippen LogP contribution in [-0.4, -0.2) is 37.5 Å². The molecule has 1 atom stereocenters. The average molecular weight is 407 g/mol. The van der Waals surface area contributed by atoms with Gasteiger partial charge in [0.05, 0.1) is 23.2 Å². The Morgan fingerprint density at radius 3 is 2.50 bits per heavy atom. The van der Waals surface area contributed by atoms with Crippen LogP contribution in [0.4, 0.5) is 0 Å². The molecule has 2 amide bonds. The van der Waals surface area contributed by atoms with Crippen molar-refractivity contribution in [2.45, 2.75) is 11.3 Å². The number of hydrogen-bond acceptors (Lipinski definition) is 5. The van der Waals surface area contributed by atoms with Crippen LogP contribution in [0, 0.1) is 5.92 Å². The summed E-state index contributed by atoms with van der Waals surface area (Å²) in [6.45, 7) is 0. The number of benzene rings is 1. The van der Waals surface area contributed by atoms with E-state index >= 15 is 0 Å². The first-order chi connectivity index (χ1) is 10.4. The maximum atomic E-state index is 11.7. The SMILES string of the molecule is O=C(CSc1ccc(Br)cc1)NNC(=O)[C@H]1CCS(=O)(=O)C1. The van der Waals surface area contributed by atoms with Crippen molar-refractivity contribution in [3.8, 4) is 0 Å². The summed E-state index contributed by atoms with van der Waals surface area (Å²) in [6.07, 6.45) is 0.303.